The van der Waals surface area contributed by atoms with Crippen LogP contribution in [0.2, 0.25) is 0 Å². The van der Waals surface area contributed by atoms with Crippen molar-refractivity contribution < 1.29 is 19.1 Å². The van der Waals surface area contributed by atoms with Crippen LogP contribution in [0.1, 0.15) is 51.2 Å². The molecule has 0 aromatic heterocycles. The molecule has 0 saturated carbocycles. The van der Waals surface area contributed by atoms with Crippen LogP contribution in [0.5, 0.6) is 11.5 Å². The number of nitrogens with zero attached hydrogens (tertiary/aromatic N) is 1. The Morgan fingerprint density at radius 1 is 1.00 bits per heavy atom. The molecule has 0 fully saturated rings. The number of carbonyl (C=O) groups excluding carboxylic acids is 2. The molecule has 6 heteroatoms. The number of methoxy groups -OCH3 is 1. The maximum absolute atomic E-state index is 13.2. The molecule has 1 atom stereocenters. The average Bonchev–Trinajstić information content (AvgIpc) is 2.81. The molecule has 0 bridgehead atoms. The van der Waals surface area contributed by atoms with Crippen molar-refractivity contribution in [1.82, 2.24) is 10.2 Å². The molecule has 0 unspecified atom stereocenters. The lowest BCUT2D eigenvalue weighted by Crippen LogP contribution is -2.49. The van der Waals surface area contributed by atoms with E-state index in [1.165, 1.54) is 5.56 Å². The topological polar surface area (TPSA) is 67.9 Å². The number of amides is 2. The molecule has 180 valence electrons. The lowest BCUT2D eigenvalue weighted by molar-refractivity contribution is -0.141. The van der Waals surface area contributed by atoms with Gasteiger partial charge in [0.2, 0.25) is 11.8 Å². The van der Waals surface area contributed by atoms with E-state index in [1.807, 2.05) is 62.4 Å². The fourth-order valence-electron chi connectivity index (χ4n) is 3.46. The standard InChI is InChI=1S/C27H38N2O4/c1-6-25(27(31)28-18-20(2)3)29(19-22-11-15-23(32-5)16-12-22)26(30)8-7-17-33-24-13-9-21(4)10-14-24/h9-16,20,25H,6-8,17-19H2,1-5H3,(H,28,31)/t25-/m1/s1. The van der Waals surface area contributed by atoms with Crippen molar-refractivity contribution in [3.8, 4) is 11.5 Å². The van der Waals surface area contributed by atoms with Gasteiger partial charge in [-0.25, -0.2) is 0 Å². The first-order chi connectivity index (χ1) is 15.8. The average molecular weight is 455 g/mol. The zero-order valence-corrected chi connectivity index (χ0v) is 20.6. The van der Waals surface area contributed by atoms with E-state index in [2.05, 4.69) is 19.2 Å². The minimum Gasteiger partial charge on any atom is -0.497 e. The van der Waals surface area contributed by atoms with Crippen molar-refractivity contribution >= 4 is 11.8 Å². The van der Waals surface area contributed by atoms with Crippen LogP contribution in [0, 0.1) is 12.8 Å². The van der Waals surface area contributed by atoms with Crippen LogP contribution < -0.4 is 14.8 Å². The fourth-order valence-corrected chi connectivity index (χ4v) is 3.46. The molecular weight excluding hydrogens is 416 g/mol. The molecule has 0 saturated heterocycles. The molecule has 2 aromatic rings. The minimum atomic E-state index is -0.517. The minimum absolute atomic E-state index is 0.0510. The molecule has 2 rings (SSSR count). The smallest absolute Gasteiger partial charge is 0.242 e. The number of hydrogen-bond acceptors (Lipinski definition) is 4. The summed E-state index contributed by atoms with van der Waals surface area (Å²) in [6.07, 6.45) is 1.44. The van der Waals surface area contributed by atoms with Gasteiger partial charge in [-0.3, -0.25) is 9.59 Å². The first kappa shape index (κ1) is 26.2. The van der Waals surface area contributed by atoms with Crippen molar-refractivity contribution in [3.63, 3.8) is 0 Å². The second-order valence-corrected chi connectivity index (χ2v) is 8.70. The first-order valence-electron chi connectivity index (χ1n) is 11.7. The van der Waals surface area contributed by atoms with Crippen LogP contribution in [0.15, 0.2) is 48.5 Å². The predicted molar refractivity (Wildman–Crippen MR) is 131 cm³/mol. The van der Waals surface area contributed by atoms with Crippen LogP contribution >= 0.6 is 0 Å². The number of carbonyl (C=O) groups is 2. The summed E-state index contributed by atoms with van der Waals surface area (Å²) >= 11 is 0. The molecule has 0 aliphatic heterocycles. The van der Waals surface area contributed by atoms with Gasteiger partial charge in [0.25, 0.3) is 0 Å². The monoisotopic (exact) mass is 454 g/mol. The zero-order valence-electron chi connectivity index (χ0n) is 20.6. The number of aryl methyl sites for hydroxylation is 1. The summed E-state index contributed by atoms with van der Waals surface area (Å²) in [5.74, 6) is 1.74. The Balaban J connectivity index is 2.05. The highest BCUT2D eigenvalue weighted by molar-refractivity contribution is 5.87. The quantitative estimate of drug-likeness (QED) is 0.444. The lowest BCUT2D eigenvalue weighted by atomic mass is 10.1. The molecule has 33 heavy (non-hydrogen) atoms. The van der Waals surface area contributed by atoms with Crippen LogP contribution in [-0.4, -0.2) is 43.0 Å². The van der Waals surface area contributed by atoms with E-state index in [9.17, 15) is 9.59 Å². The number of hydrogen-bond donors (Lipinski definition) is 1. The molecule has 0 radical (unpaired) electrons. The molecular formula is C27H38N2O4. The van der Waals surface area contributed by atoms with E-state index in [4.69, 9.17) is 9.47 Å². The highest BCUT2D eigenvalue weighted by atomic mass is 16.5. The number of ether oxygens (including phenoxy) is 2. The maximum atomic E-state index is 13.2. The second kappa shape index (κ2) is 13.5. The van der Waals surface area contributed by atoms with Gasteiger partial charge in [-0.15, -0.1) is 0 Å². The summed E-state index contributed by atoms with van der Waals surface area (Å²) in [4.78, 5) is 27.8. The Morgan fingerprint density at radius 3 is 2.21 bits per heavy atom. The van der Waals surface area contributed by atoms with Gasteiger partial charge in [-0.05, 0) is 55.5 Å². The van der Waals surface area contributed by atoms with Gasteiger partial charge in [-0.2, -0.15) is 0 Å². The normalized spacial score (nSPS) is 11.7. The van der Waals surface area contributed by atoms with Crippen LogP contribution in [0.4, 0.5) is 0 Å². The van der Waals surface area contributed by atoms with Crippen molar-refractivity contribution in [2.45, 2.75) is 59.5 Å². The molecule has 2 amide bonds. The Bertz CT molecular complexity index is 863. The van der Waals surface area contributed by atoms with Crippen molar-refractivity contribution in [1.29, 1.82) is 0 Å². The summed E-state index contributed by atoms with van der Waals surface area (Å²) < 4.78 is 11.0. The Morgan fingerprint density at radius 2 is 1.64 bits per heavy atom. The Hall–Kier alpha value is -3.02. The first-order valence-corrected chi connectivity index (χ1v) is 11.7. The van der Waals surface area contributed by atoms with Gasteiger partial charge >= 0.3 is 0 Å². The summed E-state index contributed by atoms with van der Waals surface area (Å²) in [7, 11) is 1.62. The molecule has 0 heterocycles. The fraction of sp³-hybridized carbons (Fsp3) is 0.481. The van der Waals surface area contributed by atoms with Crippen molar-refractivity contribution in [2.75, 3.05) is 20.3 Å². The van der Waals surface area contributed by atoms with E-state index in [1.54, 1.807) is 12.0 Å². The lowest BCUT2D eigenvalue weighted by Gasteiger charge is -2.31. The number of rotatable bonds is 13. The van der Waals surface area contributed by atoms with E-state index >= 15 is 0 Å². The highest BCUT2D eigenvalue weighted by Gasteiger charge is 2.28. The summed E-state index contributed by atoms with van der Waals surface area (Å²) in [6.45, 7) is 9.47. The van der Waals surface area contributed by atoms with Gasteiger partial charge in [0.1, 0.15) is 17.5 Å². The largest absolute Gasteiger partial charge is 0.497 e. The highest BCUT2D eigenvalue weighted by Crippen LogP contribution is 2.18. The van der Waals surface area contributed by atoms with Crippen LogP contribution in [0.25, 0.3) is 0 Å². The Labute approximate surface area is 198 Å². The zero-order chi connectivity index (χ0) is 24.2. The van der Waals surface area contributed by atoms with Crippen molar-refractivity contribution in [3.05, 3.63) is 59.7 Å². The molecule has 0 spiro atoms. The molecule has 0 aliphatic carbocycles. The third-order valence-corrected chi connectivity index (χ3v) is 5.41. The summed E-state index contributed by atoms with van der Waals surface area (Å²) in [6, 6.07) is 14.9. The molecule has 2 aromatic carbocycles. The Kier molecular flexibility index (Phi) is 10.7. The van der Waals surface area contributed by atoms with E-state index < -0.39 is 6.04 Å². The predicted octanol–water partition coefficient (Wildman–Crippen LogP) is 4.74. The van der Waals surface area contributed by atoms with E-state index in [0.29, 0.717) is 44.9 Å². The number of nitrogens with one attached hydrogen (secondary N) is 1. The second-order valence-electron chi connectivity index (χ2n) is 8.70. The van der Waals surface area contributed by atoms with Gasteiger partial charge in [0.05, 0.1) is 13.7 Å². The third-order valence-electron chi connectivity index (χ3n) is 5.41. The molecule has 0 aliphatic rings. The third kappa shape index (κ3) is 8.79. The van der Waals surface area contributed by atoms with Crippen molar-refractivity contribution in [2.24, 2.45) is 5.92 Å². The van der Waals surface area contributed by atoms with Crippen LogP contribution in [0.3, 0.4) is 0 Å². The van der Waals surface area contributed by atoms with Gasteiger partial charge in [0, 0.05) is 19.5 Å². The summed E-state index contributed by atoms with van der Waals surface area (Å²) in [5, 5.41) is 2.99. The maximum Gasteiger partial charge on any atom is 0.242 e. The molecule has 6 nitrogen and oxygen atoms in total. The summed E-state index contributed by atoms with van der Waals surface area (Å²) in [5.41, 5.74) is 2.13. The molecule has 1 N–H and O–H groups in total. The van der Waals surface area contributed by atoms with E-state index in [0.717, 1.165) is 17.1 Å². The number of benzene rings is 2. The van der Waals surface area contributed by atoms with Gasteiger partial charge in [0.15, 0.2) is 0 Å². The van der Waals surface area contributed by atoms with Gasteiger partial charge in [-0.1, -0.05) is 50.6 Å². The van der Waals surface area contributed by atoms with Gasteiger partial charge < -0.3 is 19.7 Å². The van der Waals surface area contributed by atoms with Crippen LogP contribution in [-0.2, 0) is 16.1 Å². The SMILES string of the molecule is CC[C@H](C(=O)NCC(C)C)N(Cc1ccc(OC)cc1)C(=O)CCCOc1ccc(C)cc1. The van der Waals surface area contributed by atoms with E-state index in [-0.39, 0.29) is 11.8 Å².